The van der Waals surface area contributed by atoms with E-state index in [4.69, 9.17) is 5.41 Å². The smallest absolute Gasteiger partial charge is 0 e. The summed E-state index contributed by atoms with van der Waals surface area (Å²) in [5.74, 6) is 0. The molecule has 1 radical (unpaired) electrons. The molecule has 0 fully saturated rings. The first kappa shape index (κ1) is 37.2. The van der Waals surface area contributed by atoms with Gasteiger partial charge in [-0.3, -0.25) is 0 Å². The van der Waals surface area contributed by atoms with E-state index in [1.165, 1.54) is 0 Å². The normalized spacial score (nSPS) is 2.38. The third-order valence-corrected chi connectivity index (χ3v) is 0. The van der Waals surface area contributed by atoms with E-state index in [0.29, 0.717) is 0 Å². The number of rotatable bonds is 0. The monoisotopic (exact) mass is 192 g/mol. The van der Waals surface area contributed by atoms with Gasteiger partial charge in [-0.25, -0.2) is 0 Å². The maximum atomic E-state index is 5.96. The van der Waals surface area contributed by atoms with Gasteiger partial charge in [0.25, 0.3) is 0 Å². The molecule has 0 spiro atoms. The molecule has 0 saturated carbocycles. The molecule has 51 valence electrons. The second-order valence-corrected chi connectivity index (χ2v) is 0.250. The van der Waals surface area contributed by atoms with E-state index in [1.54, 1.807) is 13.8 Å². The number of hydrogen-bond acceptors (Lipinski definition) is 1. The van der Waals surface area contributed by atoms with Crippen molar-refractivity contribution in [3.8, 4) is 0 Å². The Balaban J connectivity index is -0.00000000567. The molecule has 0 aliphatic rings. The number of hydrogen-bond donors (Lipinski definition) is 1. The van der Waals surface area contributed by atoms with Crippen molar-refractivity contribution < 1.29 is 32.7 Å². The van der Waals surface area contributed by atoms with Gasteiger partial charge in [0.1, 0.15) is 0 Å². The molecule has 0 bridgehead atoms. The molecule has 0 saturated heterocycles. The molecule has 0 aromatic heterocycles. The quantitative estimate of drug-likeness (QED) is 0.450. The van der Waals surface area contributed by atoms with Gasteiger partial charge in [0.15, 0.2) is 0 Å². The van der Waals surface area contributed by atoms with E-state index in [0.717, 1.165) is 0 Å². The summed E-state index contributed by atoms with van der Waals surface area (Å²) in [4.78, 5) is 0. The van der Waals surface area contributed by atoms with E-state index >= 15 is 0 Å². The Hall–Kier alpha value is 0.774. The van der Waals surface area contributed by atoms with Crippen LogP contribution in [0.5, 0.6) is 0 Å². The van der Waals surface area contributed by atoms with E-state index in [2.05, 4.69) is 6.92 Å². The van der Waals surface area contributed by atoms with Crippen LogP contribution in [0, 0.1) is 12.3 Å². The molecule has 0 atom stereocenters. The summed E-state index contributed by atoms with van der Waals surface area (Å²) >= 11 is 0. The summed E-state index contributed by atoms with van der Waals surface area (Å²) in [5.41, 5.74) is 0. The Labute approximate surface area is 79.7 Å². The molecular formula is C6H17NY-2. The molecule has 0 amide bonds. The molecule has 2 heteroatoms. The van der Waals surface area contributed by atoms with Gasteiger partial charge in [0.05, 0.1) is 0 Å². The van der Waals surface area contributed by atoms with Gasteiger partial charge in [-0.1, -0.05) is 14.9 Å². The minimum Gasteiger partial charge on any atom is -0.519 e. The Kier molecular flexibility index (Phi) is 528. The zero-order valence-electron chi connectivity index (χ0n) is 4.28. The maximum absolute atomic E-state index is 5.96. The van der Waals surface area contributed by atoms with E-state index in [-0.39, 0.29) is 47.6 Å². The minimum atomic E-state index is 0. The molecule has 0 unspecified atom stereocenters. The van der Waals surface area contributed by atoms with Gasteiger partial charge in [-0.05, 0) is 0 Å². The first-order valence-electron chi connectivity index (χ1n) is 1.46. The SMILES string of the molecule is C.C.C[C-]=N.[CH2-]C.[Y]. The van der Waals surface area contributed by atoms with Gasteiger partial charge in [-0.2, -0.15) is 13.8 Å². The van der Waals surface area contributed by atoms with Gasteiger partial charge in [0, 0.05) is 32.7 Å². The first-order chi connectivity index (χ1) is 2.41. The minimum absolute atomic E-state index is 0. The average molecular weight is 192 g/mol. The van der Waals surface area contributed by atoms with Crippen LogP contribution in [-0.4, -0.2) is 6.21 Å². The molecule has 8 heavy (non-hydrogen) atoms. The van der Waals surface area contributed by atoms with Crippen molar-refractivity contribution in [1.82, 2.24) is 0 Å². The van der Waals surface area contributed by atoms with E-state index in [9.17, 15) is 0 Å². The van der Waals surface area contributed by atoms with Crippen molar-refractivity contribution in [3.63, 3.8) is 0 Å². The third-order valence-electron chi connectivity index (χ3n) is 0. The molecule has 0 rings (SSSR count). The van der Waals surface area contributed by atoms with E-state index in [1.807, 2.05) is 6.21 Å². The van der Waals surface area contributed by atoms with Gasteiger partial charge >= 0.3 is 0 Å². The van der Waals surface area contributed by atoms with Crippen LogP contribution in [0.4, 0.5) is 0 Å². The Bertz CT molecular complexity index is 16.0. The fourth-order valence-corrected chi connectivity index (χ4v) is 0. The molecule has 0 aromatic rings. The maximum Gasteiger partial charge on any atom is 0 e. The topological polar surface area (TPSA) is 23.9 Å². The largest absolute Gasteiger partial charge is 0.519 e. The third kappa shape index (κ3) is 377. The van der Waals surface area contributed by atoms with Crippen LogP contribution >= 0.6 is 0 Å². The van der Waals surface area contributed by atoms with Crippen LogP contribution < -0.4 is 0 Å². The Morgan fingerprint density at radius 3 is 1.25 bits per heavy atom. The standard InChI is InChI=1S/C2H4N.C2H5.2CH4.Y/c1-2-3;1-2;;;/h3H,1H3;1H2,2H3;2*1H4;/q2*-1;;;. The van der Waals surface area contributed by atoms with Crippen molar-refractivity contribution >= 4 is 6.21 Å². The van der Waals surface area contributed by atoms with Gasteiger partial charge < -0.3 is 18.5 Å². The molecule has 0 aliphatic heterocycles. The van der Waals surface area contributed by atoms with Crippen LogP contribution in [0.1, 0.15) is 28.7 Å². The van der Waals surface area contributed by atoms with Gasteiger partial charge in [-0.15, -0.1) is 0 Å². The zero-order valence-corrected chi connectivity index (χ0v) is 7.12. The number of nitrogens with one attached hydrogen (secondary N) is 1. The molecule has 1 N–H and O–H groups in total. The fraction of sp³-hybridized carbons (Fsp3) is 0.667. The van der Waals surface area contributed by atoms with Crippen LogP contribution in [-0.2, 0) is 32.7 Å². The van der Waals surface area contributed by atoms with Crippen LogP contribution in [0.15, 0.2) is 0 Å². The summed E-state index contributed by atoms with van der Waals surface area (Å²) < 4.78 is 0. The second kappa shape index (κ2) is 113. The summed E-state index contributed by atoms with van der Waals surface area (Å²) in [6.45, 7) is 6.54. The summed E-state index contributed by atoms with van der Waals surface area (Å²) in [6.07, 6.45) is 2.00. The van der Waals surface area contributed by atoms with Crippen molar-refractivity contribution in [2.24, 2.45) is 0 Å². The molecule has 1 nitrogen and oxygen atoms in total. The second-order valence-electron chi connectivity index (χ2n) is 0.250. The Morgan fingerprint density at radius 1 is 1.25 bits per heavy atom. The summed E-state index contributed by atoms with van der Waals surface area (Å²) in [5, 5.41) is 5.96. The Morgan fingerprint density at radius 2 is 1.25 bits per heavy atom. The van der Waals surface area contributed by atoms with E-state index < -0.39 is 0 Å². The predicted molar refractivity (Wildman–Crippen MR) is 37.9 cm³/mol. The van der Waals surface area contributed by atoms with Crippen molar-refractivity contribution in [2.75, 3.05) is 0 Å². The van der Waals surface area contributed by atoms with Crippen LogP contribution in [0.3, 0.4) is 0 Å². The predicted octanol–water partition coefficient (Wildman–Crippen LogP) is 2.64. The van der Waals surface area contributed by atoms with Crippen LogP contribution in [0.25, 0.3) is 0 Å². The molecule has 0 heterocycles. The first-order valence-corrected chi connectivity index (χ1v) is 1.46. The molecule has 0 aliphatic carbocycles. The molecule has 0 aromatic carbocycles. The fourth-order valence-electron chi connectivity index (χ4n) is 0. The van der Waals surface area contributed by atoms with Crippen LogP contribution in [0.2, 0.25) is 0 Å². The summed E-state index contributed by atoms with van der Waals surface area (Å²) in [7, 11) is 0. The van der Waals surface area contributed by atoms with Crippen molar-refractivity contribution in [2.45, 2.75) is 28.7 Å². The zero-order chi connectivity index (χ0) is 4.71. The molecular weight excluding hydrogens is 175 g/mol. The van der Waals surface area contributed by atoms with Gasteiger partial charge in [0.2, 0.25) is 0 Å². The average Bonchev–Trinajstić information content (AvgIpc) is 1.46. The summed E-state index contributed by atoms with van der Waals surface area (Å²) in [6, 6.07) is 0. The van der Waals surface area contributed by atoms with Crippen molar-refractivity contribution in [1.29, 1.82) is 5.41 Å². The van der Waals surface area contributed by atoms with Crippen molar-refractivity contribution in [3.05, 3.63) is 6.92 Å².